The van der Waals surface area contributed by atoms with Crippen LogP contribution in [0.1, 0.15) is 35.5 Å². The number of ether oxygens (including phenoxy) is 2. The van der Waals surface area contributed by atoms with Gasteiger partial charge in [-0.3, -0.25) is 9.69 Å². The van der Waals surface area contributed by atoms with Gasteiger partial charge >= 0.3 is 0 Å². The molecular weight excluding hydrogens is 685 g/mol. The van der Waals surface area contributed by atoms with Crippen molar-refractivity contribution in [2.45, 2.75) is 37.9 Å². The molecule has 0 radical (unpaired) electrons. The lowest BCUT2D eigenvalue weighted by atomic mass is 10.2. The van der Waals surface area contributed by atoms with Gasteiger partial charge in [0, 0.05) is 70.0 Å². The third kappa shape index (κ3) is 8.37. The molecular formula is C36H37Cl2N5O5S. The van der Waals surface area contributed by atoms with E-state index in [2.05, 4.69) is 26.7 Å². The van der Waals surface area contributed by atoms with Crippen LogP contribution in [0, 0.1) is 0 Å². The monoisotopic (exact) mass is 721 g/mol. The van der Waals surface area contributed by atoms with Crippen LogP contribution in [0.2, 0.25) is 10.0 Å². The van der Waals surface area contributed by atoms with Crippen LogP contribution >= 0.6 is 23.2 Å². The Morgan fingerprint density at radius 3 is 2.27 bits per heavy atom. The number of amides is 1. The van der Waals surface area contributed by atoms with E-state index in [9.17, 15) is 13.2 Å². The molecule has 13 heteroatoms. The molecule has 0 spiro atoms. The van der Waals surface area contributed by atoms with Gasteiger partial charge in [0.25, 0.3) is 5.91 Å². The largest absolute Gasteiger partial charge is 0.491 e. The summed E-state index contributed by atoms with van der Waals surface area (Å²) in [5, 5.41) is 1.36. The number of piperazine rings is 1. The van der Waals surface area contributed by atoms with Crippen molar-refractivity contribution in [1.29, 1.82) is 0 Å². The molecule has 3 aromatic carbocycles. The van der Waals surface area contributed by atoms with Gasteiger partial charge in [-0.05, 0) is 73.5 Å². The molecule has 1 amide bonds. The van der Waals surface area contributed by atoms with Crippen LogP contribution in [-0.2, 0) is 30.2 Å². The second-order valence-electron chi connectivity index (χ2n) is 12.2. The van der Waals surface area contributed by atoms with Gasteiger partial charge in [0.1, 0.15) is 17.2 Å². The van der Waals surface area contributed by atoms with Crippen LogP contribution in [0.3, 0.4) is 0 Å². The minimum Gasteiger partial charge on any atom is -0.491 e. The summed E-state index contributed by atoms with van der Waals surface area (Å²) >= 11 is 11.9. The number of carbonyl (C=O) groups excluding carboxylic acids is 1. The van der Waals surface area contributed by atoms with Gasteiger partial charge in [0.15, 0.2) is 0 Å². The molecule has 3 heterocycles. The Hall–Kier alpha value is -4.13. The smallest absolute Gasteiger partial charge is 0.270 e. The first kappa shape index (κ1) is 34.7. The van der Waals surface area contributed by atoms with Crippen molar-refractivity contribution in [3.05, 3.63) is 112 Å². The van der Waals surface area contributed by atoms with E-state index in [0.717, 1.165) is 36.3 Å². The fourth-order valence-corrected chi connectivity index (χ4v) is 7.06. The Labute approximate surface area is 296 Å². The Morgan fingerprint density at radius 2 is 1.59 bits per heavy atom. The lowest BCUT2D eigenvalue weighted by molar-refractivity contribution is 0.0619. The van der Waals surface area contributed by atoms with Gasteiger partial charge in [-0.1, -0.05) is 41.4 Å². The third-order valence-electron chi connectivity index (χ3n) is 8.28. The zero-order valence-electron chi connectivity index (χ0n) is 27.4. The maximum absolute atomic E-state index is 13.6. The first-order valence-corrected chi connectivity index (χ1v) is 18.1. The van der Waals surface area contributed by atoms with E-state index in [1.807, 2.05) is 66.8 Å². The SMILES string of the molecule is CC(C)Oc1ccc(CN2CCN(C(=O)c3cc4ccc(Oc5ccc(CNS(=O)(=O)c6ccc(Cl)c(Cl)c6)cn5)cc4n3C)CC2)cc1. The van der Waals surface area contributed by atoms with E-state index in [0.29, 0.717) is 36.0 Å². The van der Waals surface area contributed by atoms with E-state index >= 15 is 0 Å². The number of rotatable bonds is 11. The highest BCUT2D eigenvalue weighted by Gasteiger charge is 2.25. The number of hydrogen-bond donors (Lipinski definition) is 1. The van der Waals surface area contributed by atoms with Crippen molar-refractivity contribution >= 4 is 50.0 Å². The number of hydrogen-bond acceptors (Lipinski definition) is 7. The molecule has 256 valence electrons. The number of benzene rings is 3. The van der Waals surface area contributed by atoms with Crippen LogP contribution in [0.4, 0.5) is 0 Å². The molecule has 1 saturated heterocycles. The van der Waals surface area contributed by atoms with Crippen molar-refractivity contribution in [3.63, 3.8) is 0 Å². The third-order valence-corrected chi connectivity index (χ3v) is 10.4. The average Bonchev–Trinajstić information content (AvgIpc) is 3.41. The number of halogens is 2. The molecule has 0 saturated carbocycles. The zero-order chi connectivity index (χ0) is 34.7. The summed E-state index contributed by atoms with van der Waals surface area (Å²) in [6.07, 6.45) is 1.69. The number of sulfonamides is 1. The van der Waals surface area contributed by atoms with Gasteiger partial charge in [0.05, 0.1) is 26.6 Å². The molecule has 49 heavy (non-hydrogen) atoms. The minimum absolute atomic E-state index is 0.00282. The van der Waals surface area contributed by atoms with E-state index in [-0.39, 0.29) is 33.5 Å². The van der Waals surface area contributed by atoms with Crippen molar-refractivity contribution in [3.8, 4) is 17.4 Å². The molecule has 0 bridgehead atoms. The Balaban J connectivity index is 1.04. The van der Waals surface area contributed by atoms with Crippen LogP contribution in [0.15, 0.2) is 90.0 Å². The van der Waals surface area contributed by atoms with Crippen molar-refractivity contribution < 1.29 is 22.7 Å². The predicted octanol–water partition coefficient (Wildman–Crippen LogP) is 6.90. The number of fused-ring (bicyclic) bond motifs is 1. The summed E-state index contributed by atoms with van der Waals surface area (Å²) in [6, 6.07) is 23.3. The van der Waals surface area contributed by atoms with Crippen LogP contribution < -0.4 is 14.2 Å². The molecule has 0 unspecified atom stereocenters. The summed E-state index contributed by atoms with van der Waals surface area (Å²) in [5.74, 6) is 1.78. The Kier molecular flexibility index (Phi) is 10.5. The van der Waals surface area contributed by atoms with Gasteiger partial charge in [0.2, 0.25) is 15.9 Å². The number of aromatic nitrogens is 2. The first-order chi connectivity index (χ1) is 23.4. The normalized spacial score (nSPS) is 14.0. The van der Waals surface area contributed by atoms with Gasteiger partial charge in [-0.2, -0.15) is 0 Å². The number of aryl methyl sites for hydroxylation is 1. The Morgan fingerprint density at radius 1 is 0.878 bits per heavy atom. The lowest BCUT2D eigenvalue weighted by Gasteiger charge is -2.34. The van der Waals surface area contributed by atoms with E-state index in [1.54, 1.807) is 18.3 Å². The molecule has 6 rings (SSSR count). The van der Waals surface area contributed by atoms with Gasteiger partial charge < -0.3 is 18.9 Å². The zero-order valence-corrected chi connectivity index (χ0v) is 29.7. The summed E-state index contributed by atoms with van der Waals surface area (Å²) in [7, 11) is -1.92. The average molecular weight is 723 g/mol. The molecule has 1 N–H and O–H groups in total. The van der Waals surface area contributed by atoms with Gasteiger partial charge in [-0.15, -0.1) is 0 Å². The summed E-state index contributed by atoms with van der Waals surface area (Å²) in [5.41, 5.74) is 3.34. The quantitative estimate of drug-likeness (QED) is 0.158. The fourth-order valence-electron chi connectivity index (χ4n) is 5.66. The second kappa shape index (κ2) is 14.8. The number of nitrogens with zero attached hydrogens (tertiary/aromatic N) is 4. The molecule has 1 aliphatic heterocycles. The molecule has 10 nitrogen and oxygen atoms in total. The first-order valence-electron chi connectivity index (χ1n) is 15.9. The van der Waals surface area contributed by atoms with E-state index in [1.165, 1.54) is 23.8 Å². The van der Waals surface area contributed by atoms with Crippen molar-refractivity contribution in [2.75, 3.05) is 26.2 Å². The number of pyridine rings is 1. The van der Waals surface area contributed by atoms with E-state index < -0.39 is 10.0 Å². The van der Waals surface area contributed by atoms with Gasteiger partial charge in [-0.25, -0.2) is 18.1 Å². The standard InChI is InChI=1S/C36H37Cl2N5O5S/c1-24(2)47-28-8-4-25(5-9-28)23-42-14-16-43(17-15-42)36(44)34-18-27-7-10-29(19-33(27)41(34)3)48-35-13-6-26(21-39-35)22-40-49(45,46)30-11-12-31(37)32(38)20-30/h4-13,18-21,24,40H,14-17,22-23H2,1-3H3. The highest BCUT2D eigenvalue weighted by molar-refractivity contribution is 7.89. The second-order valence-corrected chi connectivity index (χ2v) is 14.8. The predicted molar refractivity (Wildman–Crippen MR) is 191 cm³/mol. The van der Waals surface area contributed by atoms with Crippen molar-refractivity contribution in [2.24, 2.45) is 7.05 Å². The summed E-state index contributed by atoms with van der Waals surface area (Å²) in [4.78, 5) is 22.2. The molecule has 1 aliphatic rings. The lowest BCUT2D eigenvalue weighted by Crippen LogP contribution is -2.48. The molecule has 2 aromatic heterocycles. The molecule has 0 atom stereocenters. The number of carbonyl (C=O) groups is 1. The highest BCUT2D eigenvalue weighted by Crippen LogP contribution is 2.28. The maximum Gasteiger partial charge on any atom is 0.270 e. The summed E-state index contributed by atoms with van der Waals surface area (Å²) in [6.45, 7) is 7.79. The van der Waals surface area contributed by atoms with Crippen LogP contribution in [0.25, 0.3) is 10.9 Å². The van der Waals surface area contributed by atoms with Crippen LogP contribution in [-0.4, -0.2) is 66.0 Å². The highest BCUT2D eigenvalue weighted by atomic mass is 35.5. The summed E-state index contributed by atoms with van der Waals surface area (Å²) < 4.78 is 41.5. The molecule has 0 aliphatic carbocycles. The van der Waals surface area contributed by atoms with Crippen LogP contribution in [0.5, 0.6) is 17.4 Å². The molecule has 1 fully saturated rings. The minimum atomic E-state index is -3.80. The van der Waals surface area contributed by atoms with Crippen molar-refractivity contribution in [1.82, 2.24) is 24.1 Å². The Bertz CT molecular complexity index is 2060. The number of nitrogens with one attached hydrogen (secondary N) is 1. The maximum atomic E-state index is 13.6. The topological polar surface area (TPSA) is 106 Å². The van der Waals surface area contributed by atoms with E-state index in [4.69, 9.17) is 32.7 Å². The fraction of sp³-hybridized carbons (Fsp3) is 0.278. The molecule has 5 aromatic rings.